The summed E-state index contributed by atoms with van der Waals surface area (Å²) in [5.74, 6) is 0.396. The summed E-state index contributed by atoms with van der Waals surface area (Å²) in [6.07, 6.45) is 0. The first kappa shape index (κ1) is 22.9. The van der Waals surface area contributed by atoms with Crippen LogP contribution in [-0.4, -0.2) is 35.1 Å². The molecular weight excluding hydrogens is 426 g/mol. The van der Waals surface area contributed by atoms with Gasteiger partial charge in [-0.1, -0.05) is 23.7 Å². The van der Waals surface area contributed by atoms with Gasteiger partial charge in [-0.3, -0.25) is 4.99 Å². The molecule has 0 bridgehead atoms. The molecule has 0 amide bonds. The topological polar surface area (TPSA) is 91.8 Å². The van der Waals surface area contributed by atoms with E-state index in [2.05, 4.69) is 25.1 Å². The fourth-order valence-corrected chi connectivity index (χ4v) is 3.42. The van der Waals surface area contributed by atoms with Crippen LogP contribution in [0.3, 0.4) is 0 Å². The van der Waals surface area contributed by atoms with E-state index >= 15 is 0 Å². The van der Waals surface area contributed by atoms with Crippen molar-refractivity contribution >= 4 is 27.6 Å². The lowest BCUT2D eigenvalue weighted by atomic mass is 10.2. The summed E-state index contributed by atoms with van der Waals surface area (Å²) in [5, 5.41) is 6.39. The van der Waals surface area contributed by atoms with Crippen molar-refractivity contribution < 1.29 is 21.9 Å². The Morgan fingerprint density at radius 1 is 1.17 bits per heavy atom. The number of halogens is 3. The predicted octanol–water partition coefficient (Wildman–Crippen LogP) is 2.71. The monoisotopic (exact) mass is 446 g/mol. The van der Waals surface area contributed by atoms with Crippen LogP contribution in [0.25, 0.3) is 0 Å². The van der Waals surface area contributed by atoms with Gasteiger partial charge >= 0.3 is 6.61 Å². The number of nitrogens with one attached hydrogen (secondary N) is 3. The Labute approximate surface area is 173 Å². The van der Waals surface area contributed by atoms with Crippen molar-refractivity contribution in [3.05, 3.63) is 58.6 Å². The van der Waals surface area contributed by atoms with Gasteiger partial charge < -0.3 is 15.4 Å². The highest BCUT2D eigenvalue weighted by molar-refractivity contribution is 7.89. The highest BCUT2D eigenvalue weighted by Gasteiger charge is 2.13. The molecule has 0 saturated heterocycles. The van der Waals surface area contributed by atoms with Crippen molar-refractivity contribution in [2.75, 3.05) is 14.1 Å². The molecule has 0 aliphatic rings. The van der Waals surface area contributed by atoms with Crippen molar-refractivity contribution in [3.8, 4) is 5.75 Å². The van der Waals surface area contributed by atoms with Gasteiger partial charge in [0.05, 0.1) is 4.90 Å². The van der Waals surface area contributed by atoms with E-state index in [1.807, 2.05) is 0 Å². The molecule has 0 atom stereocenters. The number of aliphatic imine (C=N–C) groups is 1. The number of ether oxygens (including phenoxy) is 1. The largest absolute Gasteiger partial charge is 0.434 e. The first-order chi connectivity index (χ1) is 13.7. The molecule has 0 aromatic heterocycles. The van der Waals surface area contributed by atoms with Gasteiger partial charge in [0.25, 0.3) is 0 Å². The van der Waals surface area contributed by atoms with Crippen LogP contribution in [0, 0.1) is 0 Å². The van der Waals surface area contributed by atoms with Crippen LogP contribution in [-0.2, 0) is 23.1 Å². The summed E-state index contributed by atoms with van der Waals surface area (Å²) in [7, 11) is -0.653. The molecular formula is C18H21ClF2N4O3S. The van der Waals surface area contributed by atoms with E-state index in [0.717, 1.165) is 0 Å². The highest BCUT2D eigenvalue weighted by Crippen LogP contribution is 2.24. The number of hydrogen-bond acceptors (Lipinski definition) is 4. The van der Waals surface area contributed by atoms with E-state index in [0.29, 0.717) is 28.7 Å². The zero-order valence-corrected chi connectivity index (χ0v) is 17.3. The lowest BCUT2D eigenvalue weighted by Gasteiger charge is -2.15. The number of nitrogens with zero attached hydrogens (tertiary/aromatic N) is 1. The lowest BCUT2D eigenvalue weighted by molar-refractivity contribution is -0.0504. The predicted molar refractivity (Wildman–Crippen MR) is 108 cm³/mol. The molecule has 0 aliphatic heterocycles. The third-order valence-corrected chi connectivity index (χ3v) is 5.49. The first-order valence-corrected chi connectivity index (χ1v) is 10.3. The van der Waals surface area contributed by atoms with Crippen LogP contribution >= 0.6 is 11.6 Å². The molecule has 11 heteroatoms. The smallest absolute Gasteiger partial charge is 0.387 e. The molecule has 2 aromatic rings. The minimum atomic E-state index is -3.54. The molecule has 158 valence electrons. The van der Waals surface area contributed by atoms with Gasteiger partial charge in [-0.05, 0) is 42.9 Å². The molecule has 0 aliphatic carbocycles. The number of benzene rings is 2. The molecule has 0 spiro atoms. The van der Waals surface area contributed by atoms with Gasteiger partial charge in [0, 0.05) is 30.7 Å². The summed E-state index contributed by atoms with van der Waals surface area (Å²) >= 11 is 5.94. The molecule has 0 unspecified atom stereocenters. The summed E-state index contributed by atoms with van der Waals surface area (Å²) in [4.78, 5) is 4.21. The number of guanidine groups is 1. The van der Waals surface area contributed by atoms with Gasteiger partial charge in [0.15, 0.2) is 5.96 Å². The fraction of sp³-hybridized carbons (Fsp3) is 0.278. The lowest BCUT2D eigenvalue weighted by Crippen LogP contribution is -2.36. The molecule has 0 saturated carbocycles. The van der Waals surface area contributed by atoms with E-state index in [4.69, 9.17) is 11.6 Å². The third-order valence-electron chi connectivity index (χ3n) is 3.85. The van der Waals surface area contributed by atoms with E-state index < -0.39 is 16.6 Å². The maximum Gasteiger partial charge on any atom is 0.387 e. The molecule has 7 nitrogen and oxygen atoms in total. The van der Waals surface area contributed by atoms with Crippen molar-refractivity contribution in [2.24, 2.45) is 4.99 Å². The van der Waals surface area contributed by atoms with E-state index in [-0.39, 0.29) is 17.2 Å². The summed E-state index contributed by atoms with van der Waals surface area (Å²) in [5.41, 5.74) is 1.15. The number of sulfonamides is 1. The van der Waals surface area contributed by atoms with E-state index in [1.54, 1.807) is 19.2 Å². The number of hydrogen-bond donors (Lipinski definition) is 3. The van der Waals surface area contributed by atoms with Gasteiger partial charge in [-0.25, -0.2) is 13.1 Å². The standard InChI is InChI=1S/C18H21ClF2N4O3S/c1-22-18(24-10-12-4-3-5-15(8-12)29(26,27)23-2)25-11-13-9-14(19)6-7-16(13)28-17(20)21/h3-9,17,23H,10-11H2,1-2H3,(H2,22,24,25). The van der Waals surface area contributed by atoms with Crippen LogP contribution in [0.4, 0.5) is 8.78 Å². The van der Waals surface area contributed by atoms with E-state index in [1.165, 1.54) is 37.4 Å². The van der Waals surface area contributed by atoms with Gasteiger partial charge in [0.1, 0.15) is 5.75 Å². The van der Waals surface area contributed by atoms with Gasteiger partial charge in [-0.2, -0.15) is 8.78 Å². The third kappa shape index (κ3) is 6.84. The van der Waals surface area contributed by atoms with Crippen LogP contribution in [0.5, 0.6) is 5.75 Å². The zero-order valence-electron chi connectivity index (χ0n) is 15.7. The molecule has 0 heterocycles. The SMILES string of the molecule is CN=C(NCc1cccc(S(=O)(=O)NC)c1)NCc1cc(Cl)ccc1OC(F)F. The van der Waals surface area contributed by atoms with Gasteiger partial charge in [-0.15, -0.1) is 0 Å². The first-order valence-electron chi connectivity index (χ1n) is 8.45. The van der Waals surface area contributed by atoms with Crippen LogP contribution in [0.1, 0.15) is 11.1 Å². The Morgan fingerprint density at radius 3 is 2.55 bits per heavy atom. The summed E-state index contributed by atoms with van der Waals surface area (Å²) in [6.45, 7) is -2.52. The number of alkyl halides is 2. The maximum absolute atomic E-state index is 12.6. The second kappa shape index (κ2) is 10.4. The summed E-state index contributed by atoms with van der Waals surface area (Å²) < 4.78 is 55.7. The molecule has 0 fully saturated rings. The van der Waals surface area contributed by atoms with Crippen molar-refractivity contribution in [2.45, 2.75) is 24.6 Å². The second-order valence-corrected chi connectivity index (χ2v) is 8.09. The van der Waals surface area contributed by atoms with Crippen LogP contribution < -0.4 is 20.1 Å². The fourth-order valence-electron chi connectivity index (χ4n) is 2.42. The average molecular weight is 447 g/mol. The molecule has 0 radical (unpaired) electrons. The van der Waals surface area contributed by atoms with Gasteiger partial charge in [0.2, 0.25) is 10.0 Å². The Morgan fingerprint density at radius 2 is 1.90 bits per heavy atom. The maximum atomic E-state index is 12.6. The minimum absolute atomic E-state index is 0.0114. The Bertz CT molecular complexity index is 971. The second-order valence-electron chi connectivity index (χ2n) is 5.76. The Balaban J connectivity index is 2.03. The van der Waals surface area contributed by atoms with Crippen molar-refractivity contribution in [3.63, 3.8) is 0 Å². The average Bonchev–Trinajstić information content (AvgIpc) is 2.70. The molecule has 2 aromatic carbocycles. The van der Waals surface area contributed by atoms with Crippen molar-refractivity contribution in [1.82, 2.24) is 15.4 Å². The molecule has 2 rings (SSSR count). The quantitative estimate of drug-likeness (QED) is 0.428. The zero-order chi connectivity index (χ0) is 21.4. The highest BCUT2D eigenvalue weighted by atomic mass is 35.5. The minimum Gasteiger partial charge on any atom is -0.434 e. The summed E-state index contributed by atoms with van der Waals surface area (Å²) in [6, 6.07) is 10.8. The van der Waals surface area contributed by atoms with Crippen LogP contribution in [0.2, 0.25) is 5.02 Å². The Hall–Kier alpha value is -2.43. The van der Waals surface area contributed by atoms with E-state index in [9.17, 15) is 17.2 Å². The molecule has 29 heavy (non-hydrogen) atoms. The Kier molecular flexibility index (Phi) is 8.18. The normalized spacial score (nSPS) is 12.1. The molecule has 3 N–H and O–H groups in total. The number of rotatable bonds is 8. The van der Waals surface area contributed by atoms with Crippen LogP contribution in [0.15, 0.2) is 52.4 Å². The van der Waals surface area contributed by atoms with Crippen molar-refractivity contribution in [1.29, 1.82) is 0 Å².